The second-order valence-corrected chi connectivity index (χ2v) is 8.93. The lowest BCUT2D eigenvalue weighted by Gasteiger charge is -2.29. The number of nitrogens with zero attached hydrogens (tertiary/aromatic N) is 1. The van der Waals surface area contributed by atoms with Gasteiger partial charge >= 0.3 is 6.36 Å². The Morgan fingerprint density at radius 2 is 1.76 bits per heavy atom. The molecule has 1 saturated heterocycles. The lowest BCUT2D eigenvalue weighted by molar-refractivity contribution is -0.274. The Morgan fingerprint density at radius 1 is 1.03 bits per heavy atom. The van der Waals surface area contributed by atoms with Gasteiger partial charge < -0.3 is 19.7 Å². The van der Waals surface area contributed by atoms with E-state index in [-0.39, 0.29) is 23.5 Å². The fourth-order valence-electron chi connectivity index (χ4n) is 5.33. The number of rotatable bonds is 8. The molecule has 3 atom stereocenters. The van der Waals surface area contributed by atoms with Crippen LogP contribution in [-0.2, 0) is 6.54 Å². The van der Waals surface area contributed by atoms with E-state index >= 15 is 0 Å². The zero-order valence-electron chi connectivity index (χ0n) is 18.7. The summed E-state index contributed by atoms with van der Waals surface area (Å²) >= 11 is 0. The van der Waals surface area contributed by atoms with Gasteiger partial charge in [0.1, 0.15) is 17.3 Å². The minimum atomic E-state index is -4.75. The SMILES string of the molecule is COc1ccc(OC(F)(F)F)cc1CNC1CCC(CN2CCCC2)C1c1ccc(F)cc1. The molecule has 1 N–H and O–H groups in total. The third kappa shape index (κ3) is 6.18. The zero-order chi connectivity index (χ0) is 23.4. The average molecular weight is 467 g/mol. The number of hydrogen-bond donors (Lipinski definition) is 1. The molecule has 8 heteroatoms. The molecule has 2 aromatic carbocycles. The second kappa shape index (κ2) is 10.3. The van der Waals surface area contributed by atoms with Crippen molar-refractivity contribution in [2.24, 2.45) is 5.92 Å². The van der Waals surface area contributed by atoms with Crippen LogP contribution in [0.15, 0.2) is 42.5 Å². The summed E-state index contributed by atoms with van der Waals surface area (Å²) in [4.78, 5) is 2.50. The van der Waals surface area contributed by atoms with Crippen molar-refractivity contribution in [3.63, 3.8) is 0 Å². The maximum atomic E-state index is 13.6. The first kappa shape index (κ1) is 23.8. The van der Waals surface area contributed by atoms with E-state index in [2.05, 4.69) is 15.0 Å². The standard InChI is InChI=1S/C25H30F4N2O2/c1-32-23-11-9-21(33-25(27,28)29)14-19(23)15-30-22-10-6-18(16-31-12-2-3-13-31)24(22)17-4-7-20(26)8-5-17/h4-5,7-9,11,14,18,22,24,30H,2-3,6,10,12-13,15-16H2,1H3. The highest BCUT2D eigenvalue weighted by Crippen LogP contribution is 2.41. The van der Waals surface area contributed by atoms with E-state index in [1.54, 1.807) is 0 Å². The molecule has 1 heterocycles. The van der Waals surface area contributed by atoms with Crippen LogP contribution in [-0.4, -0.2) is 44.0 Å². The number of methoxy groups -OCH3 is 1. The van der Waals surface area contributed by atoms with E-state index < -0.39 is 6.36 Å². The molecule has 1 aliphatic heterocycles. The number of likely N-dealkylation sites (tertiary alicyclic amines) is 1. The molecule has 180 valence electrons. The molecule has 4 nitrogen and oxygen atoms in total. The average Bonchev–Trinajstić information content (AvgIpc) is 3.42. The molecule has 1 saturated carbocycles. The van der Waals surface area contributed by atoms with Crippen LogP contribution >= 0.6 is 0 Å². The van der Waals surface area contributed by atoms with Gasteiger partial charge in [0, 0.05) is 30.6 Å². The number of hydrogen-bond acceptors (Lipinski definition) is 4. The van der Waals surface area contributed by atoms with Gasteiger partial charge in [0.25, 0.3) is 0 Å². The first-order valence-corrected chi connectivity index (χ1v) is 11.5. The highest BCUT2D eigenvalue weighted by molar-refractivity contribution is 5.40. The monoisotopic (exact) mass is 466 g/mol. The van der Waals surface area contributed by atoms with E-state index in [0.717, 1.165) is 38.0 Å². The van der Waals surface area contributed by atoms with E-state index in [0.29, 0.717) is 23.8 Å². The van der Waals surface area contributed by atoms with Crippen LogP contribution in [0.1, 0.15) is 42.7 Å². The van der Waals surface area contributed by atoms with Gasteiger partial charge in [0.2, 0.25) is 0 Å². The topological polar surface area (TPSA) is 33.7 Å². The Kier molecular flexibility index (Phi) is 7.44. The first-order chi connectivity index (χ1) is 15.8. The summed E-state index contributed by atoms with van der Waals surface area (Å²) in [5, 5.41) is 3.55. The van der Waals surface area contributed by atoms with Gasteiger partial charge in [0.05, 0.1) is 7.11 Å². The summed E-state index contributed by atoms with van der Waals surface area (Å²) in [7, 11) is 1.49. The van der Waals surface area contributed by atoms with Crippen molar-refractivity contribution in [2.75, 3.05) is 26.7 Å². The predicted molar refractivity (Wildman–Crippen MR) is 118 cm³/mol. The van der Waals surface area contributed by atoms with Crippen LogP contribution in [0.5, 0.6) is 11.5 Å². The third-order valence-corrected chi connectivity index (χ3v) is 6.78. The van der Waals surface area contributed by atoms with Crippen molar-refractivity contribution >= 4 is 0 Å². The summed E-state index contributed by atoms with van der Waals surface area (Å²) in [6.07, 6.45) is -0.301. The fraction of sp³-hybridized carbons (Fsp3) is 0.520. The molecular formula is C25H30F4N2O2. The van der Waals surface area contributed by atoms with E-state index in [1.165, 1.54) is 50.3 Å². The number of benzene rings is 2. The van der Waals surface area contributed by atoms with Gasteiger partial charge in [-0.05, 0) is 80.6 Å². The van der Waals surface area contributed by atoms with Crippen LogP contribution in [0.4, 0.5) is 17.6 Å². The van der Waals surface area contributed by atoms with Crippen molar-refractivity contribution in [3.05, 3.63) is 59.4 Å². The Morgan fingerprint density at radius 3 is 2.42 bits per heavy atom. The van der Waals surface area contributed by atoms with Gasteiger partial charge in [-0.15, -0.1) is 13.2 Å². The fourth-order valence-corrected chi connectivity index (χ4v) is 5.33. The number of ether oxygens (including phenoxy) is 2. The number of nitrogens with one attached hydrogen (secondary N) is 1. The largest absolute Gasteiger partial charge is 0.573 e. The highest BCUT2D eigenvalue weighted by atomic mass is 19.4. The highest BCUT2D eigenvalue weighted by Gasteiger charge is 2.38. The van der Waals surface area contributed by atoms with Gasteiger partial charge in [0.15, 0.2) is 0 Å². The summed E-state index contributed by atoms with van der Waals surface area (Å²) in [5.74, 6) is 0.610. The van der Waals surface area contributed by atoms with Crippen molar-refractivity contribution in [1.82, 2.24) is 10.2 Å². The van der Waals surface area contributed by atoms with Crippen LogP contribution in [0, 0.1) is 11.7 Å². The van der Waals surface area contributed by atoms with Crippen molar-refractivity contribution in [1.29, 1.82) is 0 Å². The smallest absolute Gasteiger partial charge is 0.496 e. The molecule has 0 aromatic heterocycles. The van der Waals surface area contributed by atoms with E-state index in [1.807, 2.05) is 12.1 Å². The molecule has 4 rings (SSSR count). The molecule has 0 amide bonds. The molecule has 2 aromatic rings. The lowest BCUT2D eigenvalue weighted by Crippen LogP contribution is -2.35. The van der Waals surface area contributed by atoms with Crippen molar-refractivity contribution < 1.29 is 27.0 Å². The maximum absolute atomic E-state index is 13.6. The van der Waals surface area contributed by atoms with Gasteiger partial charge in [-0.3, -0.25) is 0 Å². The maximum Gasteiger partial charge on any atom is 0.573 e. The minimum Gasteiger partial charge on any atom is -0.496 e. The van der Waals surface area contributed by atoms with Gasteiger partial charge in [-0.1, -0.05) is 12.1 Å². The van der Waals surface area contributed by atoms with Crippen LogP contribution in [0.25, 0.3) is 0 Å². The lowest BCUT2D eigenvalue weighted by atomic mass is 9.86. The quantitative estimate of drug-likeness (QED) is 0.523. The van der Waals surface area contributed by atoms with Crippen LogP contribution < -0.4 is 14.8 Å². The molecule has 0 bridgehead atoms. The molecule has 1 aliphatic carbocycles. The van der Waals surface area contributed by atoms with Crippen molar-refractivity contribution in [2.45, 2.75) is 50.6 Å². The van der Waals surface area contributed by atoms with E-state index in [9.17, 15) is 17.6 Å². The first-order valence-electron chi connectivity index (χ1n) is 11.5. The summed E-state index contributed by atoms with van der Waals surface area (Å²) in [5.41, 5.74) is 1.69. The third-order valence-electron chi connectivity index (χ3n) is 6.78. The molecule has 2 aliphatic rings. The molecule has 2 fully saturated rings. The molecule has 3 unspecified atom stereocenters. The summed E-state index contributed by atoms with van der Waals surface area (Å²) in [6, 6.07) is 10.9. The minimum absolute atomic E-state index is 0.125. The zero-order valence-corrected chi connectivity index (χ0v) is 18.7. The van der Waals surface area contributed by atoms with Crippen LogP contribution in [0.3, 0.4) is 0 Å². The van der Waals surface area contributed by atoms with E-state index in [4.69, 9.17) is 4.74 Å². The Balaban J connectivity index is 1.51. The van der Waals surface area contributed by atoms with Crippen LogP contribution in [0.2, 0.25) is 0 Å². The summed E-state index contributed by atoms with van der Waals surface area (Å²) in [6.45, 7) is 3.59. The Hall–Kier alpha value is -2.32. The second-order valence-electron chi connectivity index (χ2n) is 8.93. The molecule has 0 spiro atoms. The Bertz CT molecular complexity index is 914. The van der Waals surface area contributed by atoms with Gasteiger partial charge in [-0.25, -0.2) is 4.39 Å². The van der Waals surface area contributed by atoms with Crippen molar-refractivity contribution in [3.8, 4) is 11.5 Å². The number of halogens is 4. The van der Waals surface area contributed by atoms with Gasteiger partial charge in [-0.2, -0.15) is 0 Å². The predicted octanol–water partition coefficient (Wildman–Crippen LogP) is 5.48. The Labute approximate surface area is 191 Å². The molecule has 33 heavy (non-hydrogen) atoms. The summed E-state index contributed by atoms with van der Waals surface area (Å²) < 4.78 is 61.0. The molecule has 0 radical (unpaired) electrons. The number of alkyl halides is 3. The normalized spacial score (nSPS) is 23.7. The molecular weight excluding hydrogens is 436 g/mol.